The molecule has 0 bridgehead atoms. The van der Waals surface area contributed by atoms with Gasteiger partial charge in [0.2, 0.25) is 5.43 Å². The number of aliphatic hydroxyl groups is 1. The molecule has 0 spiro atoms. The van der Waals surface area contributed by atoms with E-state index in [1.54, 1.807) is 22.8 Å². The summed E-state index contributed by atoms with van der Waals surface area (Å²) in [5, 5.41) is 19.8. The van der Waals surface area contributed by atoms with Crippen molar-refractivity contribution in [3.8, 4) is 0 Å². The van der Waals surface area contributed by atoms with Crippen molar-refractivity contribution in [3.05, 3.63) is 79.1 Å². The summed E-state index contributed by atoms with van der Waals surface area (Å²) in [6.45, 7) is 1.93. The van der Waals surface area contributed by atoms with Crippen molar-refractivity contribution in [2.24, 2.45) is 0 Å². The lowest BCUT2D eigenvalue weighted by atomic mass is 9.97. The lowest BCUT2D eigenvalue weighted by molar-refractivity contribution is 0.0694. The van der Waals surface area contributed by atoms with Gasteiger partial charge < -0.3 is 14.8 Å². The lowest BCUT2D eigenvalue weighted by Gasteiger charge is -2.15. The Morgan fingerprint density at radius 1 is 1.19 bits per heavy atom. The molecule has 0 aliphatic carbocycles. The number of aliphatic hydroxyl groups excluding tert-OH is 1. The number of aromatic nitrogens is 1. The molecule has 1 aromatic heterocycles. The summed E-state index contributed by atoms with van der Waals surface area (Å²) >= 11 is 12.4. The van der Waals surface area contributed by atoms with Crippen LogP contribution in [0.5, 0.6) is 0 Å². The molecule has 0 saturated carbocycles. The van der Waals surface area contributed by atoms with E-state index >= 15 is 0 Å². The fourth-order valence-corrected chi connectivity index (χ4v) is 3.50. The Kier molecular flexibility index (Phi) is 5.56. The zero-order valence-corrected chi connectivity index (χ0v) is 16.0. The zero-order chi connectivity index (χ0) is 19.7. The maximum absolute atomic E-state index is 12.7. The third-order valence-corrected chi connectivity index (χ3v) is 5.38. The van der Waals surface area contributed by atoms with Gasteiger partial charge in [0.05, 0.1) is 22.2 Å². The maximum atomic E-state index is 12.7. The fourth-order valence-electron chi connectivity index (χ4n) is 3.11. The highest BCUT2D eigenvalue weighted by atomic mass is 35.5. The van der Waals surface area contributed by atoms with E-state index < -0.39 is 11.4 Å². The molecule has 0 fully saturated rings. The molecule has 2 aromatic carbocycles. The van der Waals surface area contributed by atoms with Crippen molar-refractivity contribution < 1.29 is 15.0 Å². The Bertz CT molecular complexity index is 1110. The summed E-state index contributed by atoms with van der Waals surface area (Å²) in [5.74, 6) is -1.30. The van der Waals surface area contributed by atoms with E-state index in [4.69, 9.17) is 23.2 Å². The Labute approximate surface area is 165 Å². The number of carboxylic acids is 1. The molecule has 0 aliphatic heterocycles. The first-order valence-electron chi connectivity index (χ1n) is 8.27. The van der Waals surface area contributed by atoms with Crippen LogP contribution in [0.15, 0.2) is 41.3 Å². The summed E-state index contributed by atoms with van der Waals surface area (Å²) in [7, 11) is 0. The predicted octanol–water partition coefficient (Wildman–Crippen LogP) is 3.90. The first kappa shape index (κ1) is 19.4. The molecule has 0 saturated heterocycles. The molecular formula is C20H17Cl2NO4. The normalized spacial score (nSPS) is 11.1. The van der Waals surface area contributed by atoms with Crippen LogP contribution in [0.25, 0.3) is 10.9 Å². The Hall–Kier alpha value is -2.34. The van der Waals surface area contributed by atoms with Gasteiger partial charge in [0.25, 0.3) is 0 Å². The molecule has 1 heterocycles. The molecule has 0 amide bonds. The summed E-state index contributed by atoms with van der Waals surface area (Å²) in [6, 6.07) is 8.88. The number of halogens is 2. The average molecular weight is 406 g/mol. The van der Waals surface area contributed by atoms with Gasteiger partial charge in [0, 0.05) is 18.1 Å². The maximum Gasteiger partial charge on any atom is 0.341 e. The smallest absolute Gasteiger partial charge is 0.341 e. The van der Waals surface area contributed by atoms with Crippen molar-refractivity contribution >= 4 is 40.1 Å². The monoisotopic (exact) mass is 405 g/mol. The number of benzene rings is 2. The van der Waals surface area contributed by atoms with Crippen LogP contribution in [-0.2, 0) is 13.0 Å². The first-order valence-corrected chi connectivity index (χ1v) is 9.02. The number of carbonyl (C=O) groups is 1. The van der Waals surface area contributed by atoms with E-state index in [2.05, 4.69) is 0 Å². The summed E-state index contributed by atoms with van der Waals surface area (Å²) in [6.07, 6.45) is 1.73. The highest BCUT2D eigenvalue weighted by molar-refractivity contribution is 6.42. The number of aryl methyl sites for hydroxylation is 1. The van der Waals surface area contributed by atoms with Crippen molar-refractivity contribution in [1.29, 1.82) is 0 Å². The SMILES string of the molecule is Cc1cc2c(cc1Cc1cccc(Cl)c1Cl)c(=O)c(C(=O)O)cn2CCO. The van der Waals surface area contributed by atoms with Gasteiger partial charge in [-0.15, -0.1) is 0 Å². The van der Waals surface area contributed by atoms with Gasteiger partial charge in [0.15, 0.2) is 0 Å². The van der Waals surface area contributed by atoms with E-state index in [9.17, 15) is 19.8 Å². The van der Waals surface area contributed by atoms with Crippen molar-refractivity contribution in [1.82, 2.24) is 4.57 Å². The van der Waals surface area contributed by atoms with Gasteiger partial charge in [-0.2, -0.15) is 0 Å². The summed E-state index contributed by atoms with van der Waals surface area (Å²) < 4.78 is 1.59. The molecule has 0 unspecified atom stereocenters. The molecule has 0 radical (unpaired) electrons. The molecule has 27 heavy (non-hydrogen) atoms. The number of pyridine rings is 1. The Morgan fingerprint density at radius 3 is 2.59 bits per heavy atom. The second-order valence-electron chi connectivity index (χ2n) is 6.28. The zero-order valence-electron chi connectivity index (χ0n) is 14.5. The van der Waals surface area contributed by atoms with Gasteiger partial charge in [-0.1, -0.05) is 35.3 Å². The van der Waals surface area contributed by atoms with E-state index in [-0.39, 0.29) is 18.7 Å². The van der Waals surface area contributed by atoms with Crippen LogP contribution in [0.3, 0.4) is 0 Å². The van der Waals surface area contributed by atoms with E-state index in [0.717, 1.165) is 16.7 Å². The molecular weight excluding hydrogens is 389 g/mol. The quantitative estimate of drug-likeness (QED) is 0.674. The van der Waals surface area contributed by atoms with E-state index in [1.807, 2.05) is 19.1 Å². The second kappa shape index (κ2) is 7.72. The molecule has 140 valence electrons. The molecule has 2 N–H and O–H groups in total. The Morgan fingerprint density at radius 2 is 1.93 bits per heavy atom. The summed E-state index contributed by atoms with van der Waals surface area (Å²) in [5.41, 5.74) is 2.29. The number of carboxylic acid groups (broad SMARTS) is 1. The fraction of sp³-hybridized carbons (Fsp3) is 0.200. The van der Waals surface area contributed by atoms with E-state index in [1.165, 1.54) is 6.20 Å². The first-order chi connectivity index (χ1) is 12.8. The summed E-state index contributed by atoms with van der Waals surface area (Å²) in [4.78, 5) is 24.1. The van der Waals surface area contributed by atoms with Crippen LogP contribution in [-0.4, -0.2) is 27.4 Å². The van der Waals surface area contributed by atoms with Gasteiger partial charge in [-0.3, -0.25) is 4.79 Å². The average Bonchev–Trinajstić information content (AvgIpc) is 2.62. The van der Waals surface area contributed by atoms with Crippen LogP contribution in [0, 0.1) is 6.92 Å². The molecule has 3 rings (SSSR count). The number of fused-ring (bicyclic) bond motifs is 1. The highest BCUT2D eigenvalue weighted by Gasteiger charge is 2.16. The van der Waals surface area contributed by atoms with Crippen LogP contribution in [0.4, 0.5) is 0 Å². The highest BCUT2D eigenvalue weighted by Crippen LogP contribution is 2.29. The van der Waals surface area contributed by atoms with Crippen molar-refractivity contribution in [3.63, 3.8) is 0 Å². The topological polar surface area (TPSA) is 79.5 Å². The number of hydrogen-bond donors (Lipinski definition) is 2. The van der Waals surface area contributed by atoms with Gasteiger partial charge in [0.1, 0.15) is 5.56 Å². The van der Waals surface area contributed by atoms with Crippen molar-refractivity contribution in [2.75, 3.05) is 6.61 Å². The molecule has 7 heteroatoms. The van der Waals surface area contributed by atoms with Gasteiger partial charge in [-0.25, -0.2) is 4.79 Å². The number of nitrogens with zero attached hydrogens (tertiary/aromatic N) is 1. The van der Waals surface area contributed by atoms with Crippen LogP contribution in [0.1, 0.15) is 27.0 Å². The van der Waals surface area contributed by atoms with E-state index in [0.29, 0.717) is 27.4 Å². The predicted molar refractivity (Wildman–Crippen MR) is 106 cm³/mol. The molecule has 0 atom stereocenters. The third-order valence-electron chi connectivity index (χ3n) is 4.52. The second-order valence-corrected chi connectivity index (χ2v) is 7.06. The van der Waals surface area contributed by atoms with Crippen molar-refractivity contribution in [2.45, 2.75) is 19.9 Å². The molecule has 5 nitrogen and oxygen atoms in total. The largest absolute Gasteiger partial charge is 0.477 e. The van der Waals surface area contributed by atoms with Crippen LogP contribution in [0.2, 0.25) is 10.0 Å². The molecule has 0 aliphatic rings. The minimum atomic E-state index is -1.30. The third kappa shape index (κ3) is 3.72. The van der Waals surface area contributed by atoms with Crippen LogP contribution >= 0.6 is 23.2 Å². The Balaban J connectivity index is 2.23. The minimum absolute atomic E-state index is 0.171. The number of aromatic carboxylic acids is 1. The van der Waals surface area contributed by atoms with Crippen LogP contribution < -0.4 is 5.43 Å². The molecule has 3 aromatic rings. The number of rotatable bonds is 5. The van der Waals surface area contributed by atoms with Gasteiger partial charge in [-0.05, 0) is 48.2 Å². The van der Waals surface area contributed by atoms with Gasteiger partial charge >= 0.3 is 5.97 Å². The standard InChI is InChI=1S/C20H17Cl2NO4/c1-11-7-17-14(19(25)15(20(26)27)10-23(17)5-6-24)9-13(11)8-12-3-2-4-16(21)18(12)22/h2-4,7,9-10,24H,5-6,8H2,1H3,(H,26,27). The minimum Gasteiger partial charge on any atom is -0.477 e. The number of hydrogen-bond acceptors (Lipinski definition) is 3. The lowest BCUT2D eigenvalue weighted by Crippen LogP contribution is -2.20.